The molecule has 1 fully saturated rings. The van der Waals surface area contributed by atoms with Crippen LogP contribution in [-0.2, 0) is 6.54 Å². The molecule has 0 aromatic heterocycles. The maximum Gasteiger partial charge on any atom is 0.101 e. The van der Waals surface area contributed by atoms with Crippen LogP contribution in [0.5, 0.6) is 0 Å². The number of aliphatic hydroxyl groups is 1. The monoisotopic (exact) mass is 273 g/mol. The largest absolute Gasteiger partial charge is 0.393 e. The van der Waals surface area contributed by atoms with Gasteiger partial charge in [0.2, 0.25) is 0 Å². The summed E-state index contributed by atoms with van der Waals surface area (Å²) in [5, 5.41) is 22.1. The van der Waals surface area contributed by atoms with Crippen LogP contribution in [0.25, 0.3) is 0 Å². The lowest BCUT2D eigenvalue weighted by Crippen LogP contribution is -2.37. The molecule has 20 heavy (non-hydrogen) atoms. The number of nitriles is 1. The number of benzene rings is 1. The van der Waals surface area contributed by atoms with E-state index in [0.717, 1.165) is 49.3 Å². The van der Waals surface area contributed by atoms with Crippen molar-refractivity contribution in [3.63, 3.8) is 0 Å². The predicted molar refractivity (Wildman–Crippen MR) is 80.5 cm³/mol. The van der Waals surface area contributed by atoms with Gasteiger partial charge < -0.3 is 15.3 Å². The normalized spacial score (nSPS) is 17.8. The average Bonchev–Trinajstić information content (AvgIpc) is 2.47. The Kier molecular flexibility index (Phi) is 4.99. The quantitative estimate of drug-likeness (QED) is 0.879. The molecule has 0 amide bonds. The number of anilines is 1. The molecular formula is C16H23N3O. The summed E-state index contributed by atoms with van der Waals surface area (Å²) in [6.45, 7) is 4.47. The fraction of sp³-hybridized carbons (Fsp3) is 0.562. The van der Waals surface area contributed by atoms with Crippen LogP contribution in [0.15, 0.2) is 18.2 Å². The summed E-state index contributed by atoms with van der Waals surface area (Å²) in [5.74, 6) is 0.389. The van der Waals surface area contributed by atoms with E-state index in [9.17, 15) is 10.4 Å². The standard InChI is InChI=1S/C16H23N3O/c1-12(20)14-5-7-19(8-6-14)16-4-3-13(11-18-2)9-15(16)10-17/h3-4,9,12,14,18,20H,5-8,11H2,1-2H3. The number of aliphatic hydroxyl groups excluding tert-OH is 1. The molecule has 1 aliphatic heterocycles. The van der Waals surface area contributed by atoms with Gasteiger partial charge in [0.15, 0.2) is 0 Å². The van der Waals surface area contributed by atoms with E-state index < -0.39 is 0 Å². The van der Waals surface area contributed by atoms with Gasteiger partial charge >= 0.3 is 0 Å². The van der Waals surface area contributed by atoms with Gasteiger partial charge in [-0.15, -0.1) is 0 Å². The molecule has 1 heterocycles. The Morgan fingerprint density at radius 1 is 1.45 bits per heavy atom. The Morgan fingerprint density at radius 3 is 2.70 bits per heavy atom. The average molecular weight is 273 g/mol. The first-order valence-electron chi connectivity index (χ1n) is 7.26. The minimum atomic E-state index is -0.231. The first kappa shape index (κ1) is 14.8. The molecule has 2 N–H and O–H groups in total. The number of nitrogens with one attached hydrogen (secondary N) is 1. The summed E-state index contributed by atoms with van der Waals surface area (Å²) in [7, 11) is 1.90. The van der Waals surface area contributed by atoms with Gasteiger partial charge in [-0.1, -0.05) is 6.07 Å². The van der Waals surface area contributed by atoms with Gasteiger partial charge in [0.05, 0.1) is 17.4 Å². The molecule has 4 heteroatoms. The van der Waals surface area contributed by atoms with Crippen molar-refractivity contribution in [2.75, 3.05) is 25.0 Å². The zero-order valence-electron chi connectivity index (χ0n) is 12.3. The van der Waals surface area contributed by atoms with Crippen molar-refractivity contribution >= 4 is 5.69 Å². The lowest BCUT2D eigenvalue weighted by molar-refractivity contribution is 0.110. The second kappa shape index (κ2) is 6.74. The van der Waals surface area contributed by atoms with Crippen LogP contribution in [0.3, 0.4) is 0 Å². The molecule has 1 unspecified atom stereocenters. The van der Waals surface area contributed by atoms with E-state index in [0.29, 0.717) is 5.92 Å². The Bertz CT molecular complexity index is 485. The second-order valence-corrected chi connectivity index (χ2v) is 5.56. The van der Waals surface area contributed by atoms with Crippen LogP contribution >= 0.6 is 0 Å². The van der Waals surface area contributed by atoms with E-state index in [1.54, 1.807) is 0 Å². The van der Waals surface area contributed by atoms with Crippen LogP contribution in [0, 0.1) is 17.2 Å². The molecule has 0 radical (unpaired) electrons. The number of nitrogens with zero attached hydrogens (tertiary/aromatic N) is 2. The van der Waals surface area contributed by atoms with E-state index >= 15 is 0 Å². The molecule has 1 aliphatic rings. The first-order chi connectivity index (χ1) is 9.65. The molecule has 2 rings (SSSR count). The molecule has 1 aromatic rings. The SMILES string of the molecule is CNCc1ccc(N2CCC(C(C)O)CC2)c(C#N)c1. The predicted octanol–water partition coefficient (Wildman–Crippen LogP) is 1.87. The molecular weight excluding hydrogens is 250 g/mol. The van der Waals surface area contributed by atoms with Gasteiger partial charge in [0.25, 0.3) is 0 Å². The lowest BCUT2D eigenvalue weighted by atomic mass is 9.91. The van der Waals surface area contributed by atoms with Crippen molar-refractivity contribution in [2.24, 2.45) is 5.92 Å². The lowest BCUT2D eigenvalue weighted by Gasteiger charge is -2.35. The molecule has 0 spiro atoms. The summed E-state index contributed by atoms with van der Waals surface area (Å²) in [6.07, 6.45) is 1.74. The minimum absolute atomic E-state index is 0.231. The number of hydrogen-bond donors (Lipinski definition) is 2. The summed E-state index contributed by atoms with van der Waals surface area (Å²) in [5.41, 5.74) is 2.90. The molecule has 0 saturated carbocycles. The second-order valence-electron chi connectivity index (χ2n) is 5.56. The third-order valence-corrected chi connectivity index (χ3v) is 4.12. The smallest absolute Gasteiger partial charge is 0.101 e. The van der Waals surface area contributed by atoms with Gasteiger partial charge in [-0.25, -0.2) is 0 Å². The van der Waals surface area contributed by atoms with Crippen molar-refractivity contribution in [3.05, 3.63) is 29.3 Å². The van der Waals surface area contributed by atoms with Gasteiger partial charge in [0, 0.05) is 19.6 Å². The molecule has 0 aliphatic carbocycles. The topological polar surface area (TPSA) is 59.3 Å². The Balaban J connectivity index is 2.12. The van der Waals surface area contributed by atoms with E-state index in [1.165, 1.54) is 0 Å². The third-order valence-electron chi connectivity index (χ3n) is 4.12. The number of hydrogen-bond acceptors (Lipinski definition) is 4. The summed E-state index contributed by atoms with van der Waals surface area (Å²) in [4.78, 5) is 2.26. The van der Waals surface area contributed by atoms with Crippen LogP contribution < -0.4 is 10.2 Å². The summed E-state index contributed by atoms with van der Waals surface area (Å²) in [6, 6.07) is 8.40. The maximum absolute atomic E-state index is 9.65. The number of rotatable bonds is 4. The van der Waals surface area contributed by atoms with Crippen LogP contribution in [0.4, 0.5) is 5.69 Å². The highest BCUT2D eigenvalue weighted by molar-refractivity contribution is 5.60. The van der Waals surface area contributed by atoms with E-state index in [-0.39, 0.29) is 6.10 Å². The Labute approximate surface area is 121 Å². The van der Waals surface area contributed by atoms with Crippen molar-refractivity contribution in [1.82, 2.24) is 5.32 Å². The highest BCUT2D eigenvalue weighted by atomic mass is 16.3. The Hall–Kier alpha value is -1.57. The molecule has 0 bridgehead atoms. The van der Waals surface area contributed by atoms with Gasteiger partial charge in [0.1, 0.15) is 6.07 Å². The van der Waals surface area contributed by atoms with Gasteiger partial charge in [-0.05, 0) is 50.4 Å². The third kappa shape index (κ3) is 3.30. The van der Waals surface area contributed by atoms with Crippen molar-refractivity contribution < 1.29 is 5.11 Å². The fourth-order valence-corrected chi connectivity index (χ4v) is 2.89. The van der Waals surface area contributed by atoms with Crippen molar-refractivity contribution in [2.45, 2.75) is 32.4 Å². The first-order valence-corrected chi connectivity index (χ1v) is 7.26. The number of piperidine rings is 1. The molecule has 108 valence electrons. The van der Waals surface area contributed by atoms with Crippen LogP contribution in [0.1, 0.15) is 30.9 Å². The zero-order chi connectivity index (χ0) is 14.5. The highest BCUT2D eigenvalue weighted by Gasteiger charge is 2.23. The summed E-state index contributed by atoms with van der Waals surface area (Å²) >= 11 is 0. The highest BCUT2D eigenvalue weighted by Crippen LogP contribution is 2.28. The zero-order valence-corrected chi connectivity index (χ0v) is 12.3. The Morgan fingerprint density at radius 2 is 2.15 bits per heavy atom. The van der Waals surface area contributed by atoms with Gasteiger partial charge in [-0.2, -0.15) is 5.26 Å². The minimum Gasteiger partial charge on any atom is -0.393 e. The van der Waals surface area contributed by atoms with Crippen molar-refractivity contribution in [1.29, 1.82) is 5.26 Å². The van der Waals surface area contributed by atoms with Gasteiger partial charge in [-0.3, -0.25) is 0 Å². The molecule has 1 aromatic carbocycles. The van der Waals surface area contributed by atoms with E-state index in [1.807, 2.05) is 26.1 Å². The van der Waals surface area contributed by atoms with E-state index in [4.69, 9.17) is 0 Å². The maximum atomic E-state index is 9.65. The van der Waals surface area contributed by atoms with Crippen LogP contribution in [-0.4, -0.2) is 31.3 Å². The van der Waals surface area contributed by atoms with E-state index in [2.05, 4.69) is 22.4 Å². The van der Waals surface area contributed by atoms with Crippen molar-refractivity contribution in [3.8, 4) is 6.07 Å². The molecule has 1 saturated heterocycles. The van der Waals surface area contributed by atoms with Crippen LogP contribution in [0.2, 0.25) is 0 Å². The summed E-state index contributed by atoms with van der Waals surface area (Å²) < 4.78 is 0. The molecule has 4 nitrogen and oxygen atoms in total. The molecule has 1 atom stereocenters. The fourth-order valence-electron chi connectivity index (χ4n) is 2.89.